The van der Waals surface area contributed by atoms with Gasteiger partial charge >= 0.3 is 0 Å². The van der Waals surface area contributed by atoms with Crippen molar-refractivity contribution in [3.05, 3.63) is 53.6 Å². The third-order valence-corrected chi connectivity index (χ3v) is 5.07. The molecule has 2 aliphatic rings. The van der Waals surface area contributed by atoms with E-state index in [2.05, 4.69) is 16.3 Å². The van der Waals surface area contributed by atoms with Gasteiger partial charge in [0.05, 0.1) is 0 Å². The fraction of sp³-hybridized carbons (Fsp3) is 0.300. The number of nitrogens with one attached hydrogen (secondary N) is 1. The minimum Gasteiger partial charge on any atom is -0.399 e. The lowest BCUT2D eigenvalue weighted by Crippen LogP contribution is -2.48. The minimum atomic E-state index is 0.0535. The van der Waals surface area contributed by atoms with E-state index >= 15 is 0 Å². The Hall–Kier alpha value is -3.02. The number of nitrogens with two attached hydrogens (primary N) is 1. The molecule has 2 aromatic carbocycles. The Labute approximate surface area is 152 Å². The summed E-state index contributed by atoms with van der Waals surface area (Å²) < 4.78 is 0. The average molecular weight is 350 g/mol. The summed E-state index contributed by atoms with van der Waals surface area (Å²) in [6.45, 7) is 2.98. The Morgan fingerprint density at radius 1 is 0.962 bits per heavy atom. The number of rotatable bonds is 2. The van der Waals surface area contributed by atoms with Crippen LogP contribution in [0, 0.1) is 0 Å². The fourth-order valence-corrected chi connectivity index (χ4v) is 3.54. The SMILES string of the molecule is Nc1ccc(C(=O)N2CCN(c3ccc4c(c3)CCC(=O)N4)CC2)cc1. The Morgan fingerprint density at radius 3 is 2.42 bits per heavy atom. The standard InChI is InChI=1S/C20H22N4O2/c21-16-4-1-14(2-5-16)20(26)24-11-9-23(10-12-24)17-6-7-18-15(13-17)3-8-19(25)22-18/h1-2,4-7,13H,3,8-12,21H2,(H,22,25). The molecule has 0 spiro atoms. The first-order valence-corrected chi connectivity index (χ1v) is 8.93. The summed E-state index contributed by atoms with van der Waals surface area (Å²) in [5.41, 5.74) is 10.3. The number of hydrogen-bond acceptors (Lipinski definition) is 4. The van der Waals surface area contributed by atoms with Gasteiger partial charge in [-0.25, -0.2) is 0 Å². The van der Waals surface area contributed by atoms with E-state index in [0.717, 1.165) is 30.9 Å². The summed E-state index contributed by atoms with van der Waals surface area (Å²) in [5, 5.41) is 2.91. The van der Waals surface area contributed by atoms with Crippen molar-refractivity contribution >= 4 is 28.9 Å². The molecule has 2 heterocycles. The van der Waals surface area contributed by atoms with Crippen molar-refractivity contribution in [2.75, 3.05) is 42.1 Å². The number of piperazine rings is 1. The van der Waals surface area contributed by atoms with E-state index in [-0.39, 0.29) is 11.8 Å². The highest BCUT2D eigenvalue weighted by molar-refractivity contribution is 5.95. The normalized spacial score (nSPS) is 16.8. The number of nitrogens with zero attached hydrogens (tertiary/aromatic N) is 2. The Bertz CT molecular complexity index is 839. The molecule has 0 bridgehead atoms. The largest absolute Gasteiger partial charge is 0.399 e. The number of benzene rings is 2. The quantitative estimate of drug-likeness (QED) is 0.813. The van der Waals surface area contributed by atoms with Crippen LogP contribution < -0.4 is 16.0 Å². The van der Waals surface area contributed by atoms with Gasteiger partial charge in [0.25, 0.3) is 5.91 Å². The summed E-state index contributed by atoms with van der Waals surface area (Å²) >= 11 is 0. The second-order valence-corrected chi connectivity index (χ2v) is 6.79. The van der Waals surface area contributed by atoms with Crippen molar-refractivity contribution in [1.29, 1.82) is 0 Å². The highest BCUT2D eigenvalue weighted by atomic mass is 16.2. The Kier molecular flexibility index (Phi) is 4.24. The molecule has 6 nitrogen and oxygen atoms in total. The lowest BCUT2D eigenvalue weighted by atomic mass is 10.0. The van der Waals surface area contributed by atoms with Crippen LogP contribution >= 0.6 is 0 Å². The lowest BCUT2D eigenvalue weighted by Gasteiger charge is -2.36. The fourth-order valence-electron chi connectivity index (χ4n) is 3.54. The predicted molar refractivity (Wildman–Crippen MR) is 102 cm³/mol. The number of aryl methyl sites for hydroxylation is 1. The Balaban J connectivity index is 1.41. The summed E-state index contributed by atoms with van der Waals surface area (Å²) in [6.07, 6.45) is 1.32. The smallest absolute Gasteiger partial charge is 0.253 e. The highest BCUT2D eigenvalue weighted by Gasteiger charge is 2.23. The molecule has 0 saturated carbocycles. The van der Waals surface area contributed by atoms with Gasteiger partial charge < -0.3 is 20.9 Å². The van der Waals surface area contributed by atoms with E-state index in [1.54, 1.807) is 24.3 Å². The summed E-state index contributed by atoms with van der Waals surface area (Å²) in [4.78, 5) is 28.3. The lowest BCUT2D eigenvalue weighted by molar-refractivity contribution is -0.116. The molecule has 4 rings (SSSR count). The van der Waals surface area contributed by atoms with Crippen LogP contribution in [0.3, 0.4) is 0 Å². The van der Waals surface area contributed by atoms with Crippen LogP contribution in [0.2, 0.25) is 0 Å². The molecular formula is C20H22N4O2. The average Bonchev–Trinajstić information content (AvgIpc) is 2.68. The zero-order chi connectivity index (χ0) is 18.1. The van der Waals surface area contributed by atoms with Gasteiger partial charge in [0, 0.05) is 55.2 Å². The first kappa shape index (κ1) is 16.4. The summed E-state index contributed by atoms with van der Waals surface area (Å²) in [5.74, 6) is 0.137. The third kappa shape index (κ3) is 3.22. The highest BCUT2D eigenvalue weighted by Crippen LogP contribution is 2.28. The van der Waals surface area contributed by atoms with Crippen LogP contribution in [0.5, 0.6) is 0 Å². The van der Waals surface area contributed by atoms with Gasteiger partial charge in [0.1, 0.15) is 0 Å². The third-order valence-electron chi connectivity index (χ3n) is 5.07. The van der Waals surface area contributed by atoms with E-state index in [1.165, 1.54) is 5.56 Å². The van der Waals surface area contributed by atoms with Gasteiger partial charge in [-0.3, -0.25) is 9.59 Å². The number of carbonyl (C=O) groups excluding carboxylic acids is 2. The van der Waals surface area contributed by atoms with Crippen molar-refractivity contribution in [3.63, 3.8) is 0 Å². The van der Waals surface area contributed by atoms with Gasteiger partial charge in [0.2, 0.25) is 5.91 Å². The molecule has 0 radical (unpaired) electrons. The molecule has 6 heteroatoms. The maximum absolute atomic E-state index is 12.6. The van der Waals surface area contributed by atoms with Crippen LogP contribution in [0.1, 0.15) is 22.3 Å². The number of anilines is 3. The summed E-state index contributed by atoms with van der Waals surface area (Å²) in [6, 6.07) is 13.3. The molecule has 0 atom stereocenters. The number of amides is 2. The molecule has 2 aliphatic heterocycles. The van der Waals surface area contributed by atoms with Crippen LogP contribution in [0.4, 0.5) is 17.1 Å². The second kappa shape index (κ2) is 6.71. The number of hydrogen-bond donors (Lipinski definition) is 2. The molecule has 2 amide bonds. The first-order valence-electron chi connectivity index (χ1n) is 8.93. The molecule has 26 heavy (non-hydrogen) atoms. The molecule has 1 saturated heterocycles. The van der Waals surface area contributed by atoms with Crippen LogP contribution in [0.25, 0.3) is 0 Å². The van der Waals surface area contributed by atoms with Gasteiger partial charge in [0.15, 0.2) is 0 Å². The minimum absolute atomic E-state index is 0.0535. The van der Waals surface area contributed by atoms with E-state index in [4.69, 9.17) is 5.73 Å². The van der Waals surface area contributed by atoms with Crippen molar-refractivity contribution in [1.82, 2.24) is 4.90 Å². The monoisotopic (exact) mass is 350 g/mol. The van der Waals surface area contributed by atoms with E-state index in [9.17, 15) is 9.59 Å². The molecule has 2 aromatic rings. The van der Waals surface area contributed by atoms with Crippen LogP contribution in [0.15, 0.2) is 42.5 Å². The summed E-state index contributed by atoms with van der Waals surface area (Å²) in [7, 11) is 0. The van der Waals surface area contributed by atoms with Gasteiger partial charge in [-0.15, -0.1) is 0 Å². The molecule has 3 N–H and O–H groups in total. The van der Waals surface area contributed by atoms with E-state index < -0.39 is 0 Å². The maximum Gasteiger partial charge on any atom is 0.253 e. The van der Waals surface area contributed by atoms with Crippen LogP contribution in [-0.2, 0) is 11.2 Å². The molecule has 0 aliphatic carbocycles. The molecular weight excluding hydrogens is 328 g/mol. The van der Waals surface area contributed by atoms with E-state index in [0.29, 0.717) is 30.8 Å². The number of fused-ring (bicyclic) bond motifs is 1. The maximum atomic E-state index is 12.6. The number of carbonyl (C=O) groups is 2. The van der Waals surface area contributed by atoms with Gasteiger partial charge in [-0.2, -0.15) is 0 Å². The zero-order valence-corrected chi connectivity index (χ0v) is 14.6. The first-order chi connectivity index (χ1) is 12.6. The van der Waals surface area contributed by atoms with Crippen molar-refractivity contribution in [3.8, 4) is 0 Å². The predicted octanol–water partition coefficient (Wildman–Crippen LogP) is 2.12. The zero-order valence-electron chi connectivity index (χ0n) is 14.6. The number of nitrogen functional groups attached to an aromatic ring is 1. The van der Waals surface area contributed by atoms with Crippen molar-refractivity contribution in [2.24, 2.45) is 0 Å². The Morgan fingerprint density at radius 2 is 1.69 bits per heavy atom. The van der Waals surface area contributed by atoms with Crippen molar-refractivity contribution < 1.29 is 9.59 Å². The van der Waals surface area contributed by atoms with Gasteiger partial charge in [-0.1, -0.05) is 0 Å². The van der Waals surface area contributed by atoms with E-state index in [1.807, 2.05) is 17.0 Å². The molecule has 0 unspecified atom stereocenters. The second-order valence-electron chi connectivity index (χ2n) is 6.79. The van der Waals surface area contributed by atoms with Crippen molar-refractivity contribution in [2.45, 2.75) is 12.8 Å². The van der Waals surface area contributed by atoms with Crippen LogP contribution in [-0.4, -0.2) is 42.9 Å². The molecule has 0 aromatic heterocycles. The molecule has 134 valence electrons. The topological polar surface area (TPSA) is 78.7 Å². The molecule has 1 fully saturated rings. The van der Waals surface area contributed by atoms with Gasteiger partial charge in [-0.05, 0) is 54.4 Å².